The highest BCUT2D eigenvalue weighted by Gasteiger charge is 2.09. The number of ether oxygens (including phenoxy) is 1. The average Bonchev–Trinajstić information content (AvgIpc) is 2.96. The van der Waals surface area contributed by atoms with E-state index in [-0.39, 0.29) is 12.5 Å². The zero-order valence-corrected chi connectivity index (χ0v) is 13.3. The molecule has 1 atom stereocenters. The van der Waals surface area contributed by atoms with Gasteiger partial charge in [0.1, 0.15) is 18.5 Å². The molecule has 0 radical (unpaired) electrons. The molecule has 0 unspecified atom stereocenters. The van der Waals surface area contributed by atoms with Crippen LogP contribution in [0.15, 0.2) is 54.9 Å². The number of aliphatic hydroxyl groups is 1. The predicted octanol–water partition coefficient (Wildman–Crippen LogP) is 2.43. The van der Waals surface area contributed by atoms with Crippen LogP contribution in [0, 0.1) is 0 Å². The molecular formula is C18H19N3O3. The SMILES string of the molecule is CC(=O)Nc1cccc(OC[C@H](O)Cn2cnc3ccccc32)c1. The van der Waals surface area contributed by atoms with Crippen molar-refractivity contribution in [3.05, 3.63) is 54.9 Å². The number of anilines is 1. The molecular weight excluding hydrogens is 306 g/mol. The quantitative estimate of drug-likeness (QED) is 0.730. The number of carbonyl (C=O) groups is 1. The molecule has 1 heterocycles. The predicted molar refractivity (Wildman–Crippen MR) is 92.0 cm³/mol. The molecule has 0 saturated carbocycles. The highest BCUT2D eigenvalue weighted by molar-refractivity contribution is 5.88. The molecule has 0 saturated heterocycles. The number of hydrogen-bond donors (Lipinski definition) is 2. The molecule has 24 heavy (non-hydrogen) atoms. The molecule has 1 aromatic heterocycles. The van der Waals surface area contributed by atoms with Gasteiger partial charge >= 0.3 is 0 Å². The van der Waals surface area contributed by atoms with E-state index in [4.69, 9.17) is 4.74 Å². The lowest BCUT2D eigenvalue weighted by Gasteiger charge is -2.14. The molecule has 0 bridgehead atoms. The monoisotopic (exact) mass is 325 g/mol. The van der Waals surface area contributed by atoms with Crippen LogP contribution in [0.25, 0.3) is 11.0 Å². The van der Waals surface area contributed by atoms with Gasteiger partial charge in [0.05, 0.1) is 23.9 Å². The van der Waals surface area contributed by atoms with Gasteiger partial charge in [0.2, 0.25) is 5.91 Å². The van der Waals surface area contributed by atoms with Gasteiger partial charge in [-0.2, -0.15) is 0 Å². The summed E-state index contributed by atoms with van der Waals surface area (Å²) >= 11 is 0. The molecule has 0 aliphatic carbocycles. The van der Waals surface area contributed by atoms with Crippen LogP contribution in [-0.2, 0) is 11.3 Å². The molecule has 3 aromatic rings. The van der Waals surface area contributed by atoms with Crippen molar-refractivity contribution >= 4 is 22.6 Å². The number of aromatic nitrogens is 2. The summed E-state index contributed by atoms with van der Waals surface area (Å²) in [7, 11) is 0. The number of imidazole rings is 1. The molecule has 0 aliphatic rings. The minimum absolute atomic E-state index is 0.140. The smallest absolute Gasteiger partial charge is 0.221 e. The van der Waals surface area contributed by atoms with Gasteiger partial charge in [0.15, 0.2) is 0 Å². The summed E-state index contributed by atoms with van der Waals surface area (Å²) < 4.78 is 7.52. The van der Waals surface area contributed by atoms with Gasteiger partial charge in [-0.15, -0.1) is 0 Å². The molecule has 0 aliphatic heterocycles. The number of amides is 1. The van der Waals surface area contributed by atoms with Crippen LogP contribution < -0.4 is 10.1 Å². The van der Waals surface area contributed by atoms with Crippen LogP contribution >= 0.6 is 0 Å². The van der Waals surface area contributed by atoms with Crippen LogP contribution in [0.1, 0.15) is 6.92 Å². The van der Waals surface area contributed by atoms with E-state index in [1.165, 1.54) is 6.92 Å². The number of hydrogen-bond acceptors (Lipinski definition) is 4. The number of benzene rings is 2. The molecule has 1 amide bonds. The van der Waals surface area contributed by atoms with E-state index < -0.39 is 6.10 Å². The Hall–Kier alpha value is -2.86. The zero-order valence-electron chi connectivity index (χ0n) is 13.3. The molecule has 6 heteroatoms. The van der Waals surface area contributed by atoms with Crippen molar-refractivity contribution in [2.24, 2.45) is 0 Å². The van der Waals surface area contributed by atoms with Crippen molar-refractivity contribution in [1.29, 1.82) is 0 Å². The topological polar surface area (TPSA) is 76.4 Å². The van der Waals surface area contributed by atoms with E-state index in [1.807, 2.05) is 28.8 Å². The van der Waals surface area contributed by atoms with Crippen molar-refractivity contribution in [3.8, 4) is 5.75 Å². The van der Waals surface area contributed by atoms with Crippen LogP contribution in [0.2, 0.25) is 0 Å². The van der Waals surface area contributed by atoms with E-state index in [0.717, 1.165) is 11.0 Å². The number of aliphatic hydroxyl groups excluding tert-OH is 1. The Kier molecular flexibility index (Phi) is 4.77. The van der Waals surface area contributed by atoms with Crippen molar-refractivity contribution in [3.63, 3.8) is 0 Å². The Morgan fingerprint density at radius 3 is 2.96 bits per heavy atom. The third-order valence-corrected chi connectivity index (χ3v) is 3.53. The normalized spacial score (nSPS) is 12.1. The Morgan fingerprint density at radius 2 is 2.12 bits per heavy atom. The van der Waals surface area contributed by atoms with Gasteiger partial charge in [-0.3, -0.25) is 4.79 Å². The van der Waals surface area contributed by atoms with Crippen LogP contribution in [-0.4, -0.2) is 33.3 Å². The van der Waals surface area contributed by atoms with Crippen molar-refractivity contribution < 1.29 is 14.6 Å². The summed E-state index contributed by atoms with van der Waals surface area (Å²) in [6.07, 6.45) is 1.04. The largest absolute Gasteiger partial charge is 0.491 e. The van der Waals surface area contributed by atoms with Crippen LogP contribution in [0.5, 0.6) is 5.75 Å². The molecule has 2 aromatic carbocycles. The fourth-order valence-corrected chi connectivity index (χ4v) is 2.49. The van der Waals surface area contributed by atoms with E-state index in [0.29, 0.717) is 18.0 Å². The molecule has 124 valence electrons. The van der Waals surface area contributed by atoms with Crippen molar-refractivity contribution in [2.45, 2.75) is 19.6 Å². The van der Waals surface area contributed by atoms with Gasteiger partial charge in [0, 0.05) is 18.7 Å². The molecule has 3 rings (SSSR count). The number of nitrogens with zero attached hydrogens (tertiary/aromatic N) is 2. The van der Waals surface area contributed by atoms with E-state index in [1.54, 1.807) is 30.6 Å². The summed E-state index contributed by atoms with van der Waals surface area (Å²) in [5.74, 6) is 0.454. The van der Waals surface area contributed by atoms with Crippen molar-refractivity contribution in [2.75, 3.05) is 11.9 Å². The highest BCUT2D eigenvalue weighted by atomic mass is 16.5. The van der Waals surface area contributed by atoms with Gasteiger partial charge in [-0.05, 0) is 24.3 Å². The van der Waals surface area contributed by atoms with E-state index in [9.17, 15) is 9.90 Å². The van der Waals surface area contributed by atoms with Crippen LogP contribution in [0.3, 0.4) is 0 Å². The lowest BCUT2D eigenvalue weighted by molar-refractivity contribution is -0.114. The Labute approximate surface area is 139 Å². The third-order valence-electron chi connectivity index (χ3n) is 3.53. The highest BCUT2D eigenvalue weighted by Crippen LogP contribution is 2.18. The summed E-state index contributed by atoms with van der Waals surface area (Å²) in [5.41, 5.74) is 2.54. The summed E-state index contributed by atoms with van der Waals surface area (Å²) in [4.78, 5) is 15.4. The Bertz CT molecular complexity index is 844. The van der Waals surface area contributed by atoms with Gasteiger partial charge in [0.25, 0.3) is 0 Å². The molecule has 0 spiro atoms. The maximum absolute atomic E-state index is 11.1. The van der Waals surface area contributed by atoms with Crippen molar-refractivity contribution in [1.82, 2.24) is 9.55 Å². The fourth-order valence-electron chi connectivity index (χ4n) is 2.49. The number of rotatable bonds is 6. The first-order valence-electron chi connectivity index (χ1n) is 7.70. The number of nitrogens with one attached hydrogen (secondary N) is 1. The maximum atomic E-state index is 11.1. The molecule has 2 N–H and O–H groups in total. The van der Waals surface area contributed by atoms with Gasteiger partial charge in [-0.25, -0.2) is 4.98 Å². The average molecular weight is 325 g/mol. The minimum atomic E-state index is -0.674. The fraction of sp³-hybridized carbons (Fsp3) is 0.222. The lowest BCUT2D eigenvalue weighted by atomic mass is 10.3. The first-order chi connectivity index (χ1) is 11.6. The molecule has 0 fully saturated rings. The van der Waals surface area contributed by atoms with E-state index >= 15 is 0 Å². The Morgan fingerprint density at radius 1 is 1.29 bits per heavy atom. The second-order valence-electron chi connectivity index (χ2n) is 5.56. The maximum Gasteiger partial charge on any atom is 0.221 e. The number of carbonyl (C=O) groups excluding carboxylic acids is 1. The van der Waals surface area contributed by atoms with E-state index in [2.05, 4.69) is 10.3 Å². The van der Waals surface area contributed by atoms with Crippen LogP contribution in [0.4, 0.5) is 5.69 Å². The van der Waals surface area contributed by atoms with Gasteiger partial charge < -0.3 is 19.7 Å². The number of para-hydroxylation sites is 2. The summed E-state index contributed by atoms with van der Waals surface area (Å²) in [6.45, 7) is 1.99. The number of fused-ring (bicyclic) bond motifs is 1. The standard InChI is InChI=1S/C18H19N3O3/c1-13(22)20-14-5-4-6-16(9-14)24-11-15(23)10-21-12-19-17-7-2-3-8-18(17)21/h2-9,12,15,23H,10-11H2,1H3,(H,20,22)/t15-/m1/s1. The first-order valence-corrected chi connectivity index (χ1v) is 7.70. The minimum Gasteiger partial charge on any atom is -0.491 e. The second kappa shape index (κ2) is 7.14. The Balaban J connectivity index is 1.59. The summed E-state index contributed by atoms with van der Waals surface area (Å²) in [5, 5.41) is 12.9. The zero-order chi connectivity index (χ0) is 16.9. The third kappa shape index (κ3) is 3.91. The second-order valence-corrected chi connectivity index (χ2v) is 5.56. The van der Waals surface area contributed by atoms with Gasteiger partial charge in [-0.1, -0.05) is 18.2 Å². The summed E-state index contributed by atoms with van der Waals surface area (Å²) in [6, 6.07) is 14.8. The first kappa shape index (κ1) is 16.0. The lowest BCUT2D eigenvalue weighted by Crippen LogP contribution is -2.23. The molecule has 6 nitrogen and oxygen atoms in total.